The molecule has 1 heterocycles. The number of hydrogen-bond donors (Lipinski definition) is 0. The van der Waals surface area contributed by atoms with Gasteiger partial charge in [0.2, 0.25) is 6.10 Å². The highest BCUT2D eigenvalue weighted by Gasteiger charge is 2.32. The molecule has 0 amide bonds. The molecule has 0 bridgehead atoms. The van der Waals surface area contributed by atoms with Crippen LogP contribution in [0.15, 0.2) is 48.5 Å². The van der Waals surface area contributed by atoms with Gasteiger partial charge in [0.1, 0.15) is 12.4 Å². The van der Waals surface area contributed by atoms with E-state index >= 15 is 0 Å². The predicted molar refractivity (Wildman–Crippen MR) is 86.8 cm³/mol. The average molecular weight is 326 g/mol. The van der Waals surface area contributed by atoms with Gasteiger partial charge in [-0.25, -0.2) is 9.59 Å². The number of carbonyl (C=O) groups excluding carboxylic acids is 2. The van der Waals surface area contributed by atoms with E-state index in [2.05, 4.69) is 0 Å². The number of benzene rings is 2. The highest BCUT2D eigenvalue weighted by molar-refractivity contribution is 5.94. The van der Waals surface area contributed by atoms with Gasteiger partial charge in [0.15, 0.2) is 0 Å². The van der Waals surface area contributed by atoms with Crippen molar-refractivity contribution in [1.82, 2.24) is 0 Å². The van der Waals surface area contributed by atoms with Crippen LogP contribution in [0.4, 0.5) is 0 Å². The Bertz CT molecular complexity index is 753. The highest BCUT2D eigenvalue weighted by Crippen LogP contribution is 2.23. The van der Waals surface area contributed by atoms with Gasteiger partial charge in [-0.05, 0) is 24.6 Å². The molecule has 3 rings (SSSR count). The summed E-state index contributed by atoms with van der Waals surface area (Å²) in [6.07, 6.45) is -0.583. The molecule has 2 aromatic rings. The molecule has 1 aliphatic heterocycles. The Kier molecular flexibility index (Phi) is 4.79. The number of cyclic esters (lactones) is 1. The normalized spacial score (nSPS) is 16.0. The maximum absolute atomic E-state index is 12.3. The molecule has 0 unspecified atom stereocenters. The summed E-state index contributed by atoms with van der Waals surface area (Å²) in [5.41, 5.74) is 2.07. The first-order valence-corrected chi connectivity index (χ1v) is 7.85. The summed E-state index contributed by atoms with van der Waals surface area (Å²) >= 11 is 0. The van der Waals surface area contributed by atoms with Gasteiger partial charge in [0.25, 0.3) is 0 Å². The number of para-hydroxylation sites is 1. The van der Waals surface area contributed by atoms with Crippen LogP contribution in [0.25, 0.3) is 0 Å². The Morgan fingerprint density at radius 1 is 1.17 bits per heavy atom. The minimum absolute atomic E-state index is 0.0741. The van der Waals surface area contributed by atoms with Crippen molar-refractivity contribution in [1.29, 1.82) is 0 Å². The number of carbonyl (C=O) groups is 2. The van der Waals surface area contributed by atoms with Gasteiger partial charge in [0, 0.05) is 12.0 Å². The van der Waals surface area contributed by atoms with Gasteiger partial charge in [0.05, 0.1) is 12.2 Å². The fourth-order valence-electron chi connectivity index (χ4n) is 2.62. The first-order chi connectivity index (χ1) is 11.7. The SMILES string of the molecule is CCOc1ccccc1COC(=O)[C@@H]1Cc2ccccc2C(=O)O1. The second-order valence-electron chi connectivity index (χ2n) is 5.40. The molecule has 0 aromatic heterocycles. The summed E-state index contributed by atoms with van der Waals surface area (Å²) in [5.74, 6) is -0.364. The van der Waals surface area contributed by atoms with Crippen LogP contribution in [0.1, 0.15) is 28.4 Å². The van der Waals surface area contributed by atoms with Crippen molar-refractivity contribution in [3.05, 3.63) is 65.2 Å². The Morgan fingerprint density at radius 3 is 2.75 bits per heavy atom. The monoisotopic (exact) mass is 326 g/mol. The van der Waals surface area contributed by atoms with E-state index in [1.54, 1.807) is 12.1 Å². The zero-order valence-corrected chi connectivity index (χ0v) is 13.4. The highest BCUT2D eigenvalue weighted by atomic mass is 16.6. The molecule has 0 radical (unpaired) electrons. The molecule has 5 nitrogen and oxygen atoms in total. The number of esters is 2. The van der Waals surface area contributed by atoms with E-state index in [9.17, 15) is 9.59 Å². The molecule has 0 N–H and O–H groups in total. The zero-order valence-electron chi connectivity index (χ0n) is 13.4. The van der Waals surface area contributed by atoms with Gasteiger partial charge >= 0.3 is 11.9 Å². The van der Waals surface area contributed by atoms with Gasteiger partial charge in [-0.15, -0.1) is 0 Å². The van der Waals surface area contributed by atoms with E-state index in [1.165, 1.54) is 0 Å². The van der Waals surface area contributed by atoms with Gasteiger partial charge in [-0.3, -0.25) is 0 Å². The van der Waals surface area contributed by atoms with Gasteiger partial charge in [-0.1, -0.05) is 36.4 Å². The third-order valence-corrected chi connectivity index (χ3v) is 3.80. The summed E-state index contributed by atoms with van der Waals surface area (Å²) in [6.45, 7) is 2.49. The smallest absolute Gasteiger partial charge is 0.348 e. The fraction of sp³-hybridized carbons (Fsp3) is 0.263. The molecular weight excluding hydrogens is 308 g/mol. The molecule has 1 aliphatic rings. The second kappa shape index (κ2) is 7.17. The first-order valence-electron chi connectivity index (χ1n) is 7.85. The van der Waals surface area contributed by atoms with E-state index in [-0.39, 0.29) is 6.61 Å². The lowest BCUT2D eigenvalue weighted by Gasteiger charge is -2.23. The molecule has 2 aromatic carbocycles. The van der Waals surface area contributed by atoms with E-state index < -0.39 is 18.0 Å². The minimum Gasteiger partial charge on any atom is -0.493 e. The molecule has 0 spiro atoms. The molecule has 0 saturated carbocycles. The topological polar surface area (TPSA) is 61.8 Å². The lowest BCUT2D eigenvalue weighted by molar-refractivity contribution is -0.155. The largest absolute Gasteiger partial charge is 0.493 e. The lowest BCUT2D eigenvalue weighted by atomic mass is 9.99. The second-order valence-corrected chi connectivity index (χ2v) is 5.40. The summed E-state index contributed by atoms with van der Waals surface area (Å²) in [7, 11) is 0. The summed E-state index contributed by atoms with van der Waals surface area (Å²) in [6, 6.07) is 14.5. The van der Waals surface area contributed by atoms with Crippen LogP contribution < -0.4 is 4.74 Å². The van der Waals surface area contributed by atoms with Crippen LogP contribution in [-0.4, -0.2) is 24.6 Å². The number of rotatable bonds is 5. The lowest BCUT2D eigenvalue weighted by Crippen LogP contribution is -2.35. The quantitative estimate of drug-likeness (QED) is 0.791. The molecule has 0 aliphatic carbocycles. The van der Waals surface area contributed by atoms with E-state index in [0.29, 0.717) is 24.3 Å². The van der Waals surface area contributed by atoms with E-state index in [0.717, 1.165) is 11.1 Å². The zero-order chi connectivity index (χ0) is 16.9. The van der Waals surface area contributed by atoms with Crippen LogP contribution in [0.2, 0.25) is 0 Å². The van der Waals surface area contributed by atoms with Crippen molar-refractivity contribution < 1.29 is 23.8 Å². The molecule has 0 saturated heterocycles. The number of ether oxygens (including phenoxy) is 3. The maximum atomic E-state index is 12.3. The summed E-state index contributed by atoms with van der Waals surface area (Å²) < 4.78 is 16.0. The van der Waals surface area contributed by atoms with Crippen molar-refractivity contribution in [2.24, 2.45) is 0 Å². The standard InChI is InChI=1S/C19H18O5/c1-2-22-16-10-6-4-8-14(16)12-23-19(21)17-11-13-7-3-5-9-15(13)18(20)24-17/h3-10,17H,2,11-12H2,1H3/t17-/m0/s1. The van der Waals surface area contributed by atoms with Crippen molar-refractivity contribution in [3.63, 3.8) is 0 Å². The summed E-state index contributed by atoms with van der Waals surface area (Å²) in [5, 5.41) is 0. The third-order valence-electron chi connectivity index (χ3n) is 3.80. The third kappa shape index (κ3) is 3.40. The Morgan fingerprint density at radius 2 is 1.92 bits per heavy atom. The first kappa shape index (κ1) is 16.1. The van der Waals surface area contributed by atoms with Crippen LogP contribution in [0.3, 0.4) is 0 Å². The maximum Gasteiger partial charge on any atom is 0.348 e. The van der Waals surface area contributed by atoms with Crippen molar-refractivity contribution >= 4 is 11.9 Å². The van der Waals surface area contributed by atoms with Crippen LogP contribution in [-0.2, 0) is 27.3 Å². The van der Waals surface area contributed by atoms with Crippen molar-refractivity contribution in [3.8, 4) is 5.75 Å². The minimum atomic E-state index is -0.911. The van der Waals surface area contributed by atoms with Crippen LogP contribution in [0, 0.1) is 0 Å². The molecule has 1 atom stereocenters. The Balaban J connectivity index is 1.65. The number of fused-ring (bicyclic) bond motifs is 1. The predicted octanol–water partition coefficient (Wildman–Crippen LogP) is 2.91. The van der Waals surface area contributed by atoms with Gasteiger partial charge < -0.3 is 14.2 Å². The van der Waals surface area contributed by atoms with Crippen molar-refractivity contribution in [2.45, 2.75) is 26.1 Å². The summed E-state index contributed by atoms with van der Waals surface area (Å²) in [4.78, 5) is 24.2. The van der Waals surface area contributed by atoms with Crippen molar-refractivity contribution in [2.75, 3.05) is 6.61 Å². The molecule has 5 heteroatoms. The Labute approximate surface area is 140 Å². The Hall–Kier alpha value is -2.82. The average Bonchev–Trinajstić information content (AvgIpc) is 2.61. The molecule has 24 heavy (non-hydrogen) atoms. The number of hydrogen-bond acceptors (Lipinski definition) is 5. The van der Waals surface area contributed by atoms with Crippen LogP contribution >= 0.6 is 0 Å². The molecular formula is C19H18O5. The van der Waals surface area contributed by atoms with E-state index in [1.807, 2.05) is 43.3 Å². The van der Waals surface area contributed by atoms with Gasteiger partial charge in [-0.2, -0.15) is 0 Å². The fourth-order valence-corrected chi connectivity index (χ4v) is 2.62. The van der Waals surface area contributed by atoms with E-state index in [4.69, 9.17) is 14.2 Å². The molecule has 124 valence electrons. The molecule has 0 fully saturated rings. The van der Waals surface area contributed by atoms with Crippen LogP contribution in [0.5, 0.6) is 5.75 Å².